The van der Waals surface area contributed by atoms with Crippen LogP contribution >= 0.6 is 11.3 Å². The number of hydrogen-bond acceptors (Lipinski definition) is 3. The molecule has 11 aromatic rings. The summed E-state index contributed by atoms with van der Waals surface area (Å²) in [5.74, 6) is 0. The molecule has 10 aromatic carbocycles. The number of para-hydroxylation sites is 2. The monoisotopic (exact) mass is 892 g/mol. The van der Waals surface area contributed by atoms with Gasteiger partial charge in [-0.3, -0.25) is 0 Å². The number of fused-ring (bicyclic) bond motifs is 6. The van der Waals surface area contributed by atoms with Crippen LogP contribution in [0.4, 0.5) is 34.1 Å². The molecule has 0 radical (unpaired) electrons. The molecule has 1 heterocycles. The molecule has 0 fully saturated rings. The Labute approximate surface area is 398 Å². The molecule has 0 N–H and O–H groups in total. The molecule has 67 heavy (non-hydrogen) atoms. The maximum absolute atomic E-state index is 2.98. The first-order chi connectivity index (χ1) is 33.0. The van der Waals surface area contributed by atoms with Crippen molar-refractivity contribution in [3.8, 4) is 11.1 Å². The first kappa shape index (κ1) is 40.7. The van der Waals surface area contributed by atoms with Crippen LogP contribution in [0.3, 0.4) is 0 Å². The van der Waals surface area contributed by atoms with Crippen LogP contribution in [0.15, 0.2) is 255 Å². The Kier molecular flexibility index (Phi) is 10.1. The van der Waals surface area contributed by atoms with Gasteiger partial charge in [0, 0.05) is 59.7 Å². The van der Waals surface area contributed by atoms with Crippen LogP contribution < -0.4 is 30.5 Å². The molecule has 1 aliphatic carbocycles. The third-order valence-electron chi connectivity index (χ3n) is 14.0. The summed E-state index contributed by atoms with van der Waals surface area (Å²) >= 11 is 1.86. The molecule has 0 amide bonds. The fraction of sp³-hybridized carbons (Fsp3) is 0.0476. The van der Waals surface area contributed by atoms with Crippen molar-refractivity contribution in [3.63, 3.8) is 0 Å². The molecular weight excluding hydrogens is 845 g/mol. The summed E-state index contributed by atoms with van der Waals surface area (Å²) in [7, 11) is -2.98. The van der Waals surface area contributed by atoms with Crippen LogP contribution in [-0.4, -0.2) is 8.07 Å². The predicted octanol–water partition coefficient (Wildman–Crippen LogP) is 14.7. The molecule has 0 spiro atoms. The van der Waals surface area contributed by atoms with E-state index in [9.17, 15) is 0 Å². The van der Waals surface area contributed by atoms with Gasteiger partial charge in [-0.05, 0) is 122 Å². The summed E-state index contributed by atoms with van der Waals surface area (Å²) in [6.45, 7) is 4.70. The fourth-order valence-corrected chi connectivity index (χ4v) is 16.8. The van der Waals surface area contributed by atoms with Crippen molar-refractivity contribution in [1.29, 1.82) is 0 Å². The van der Waals surface area contributed by atoms with Gasteiger partial charge in [-0.1, -0.05) is 190 Å². The van der Waals surface area contributed by atoms with Crippen LogP contribution in [0.2, 0.25) is 0 Å². The number of benzene rings is 10. The molecule has 0 unspecified atom stereocenters. The highest BCUT2D eigenvalue weighted by Gasteiger charge is 2.42. The molecule has 1 aromatic heterocycles. The van der Waals surface area contributed by atoms with E-state index in [0.717, 1.165) is 34.1 Å². The van der Waals surface area contributed by atoms with Crippen LogP contribution in [0.5, 0.6) is 0 Å². The average Bonchev–Trinajstić information content (AvgIpc) is 3.87. The number of rotatable bonds is 10. The Hall–Kier alpha value is -7.76. The smallest absolute Gasteiger partial charge is 0.179 e. The lowest BCUT2D eigenvalue weighted by Crippen LogP contribution is -2.74. The highest BCUT2D eigenvalue weighted by molar-refractivity contribution is 7.25. The van der Waals surface area contributed by atoms with Gasteiger partial charge in [0.1, 0.15) is 0 Å². The molecule has 0 bridgehead atoms. The molecule has 0 saturated heterocycles. The first-order valence-corrected chi connectivity index (χ1v) is 26.0. The van der Waals surface area contributed by atoms with Crippen LogP contribution in [0.25, 0.3) is 31.3 Å². The van der Waals surface area contributed by atoms with E-state index in [4.69, 9.17) is 0 Å². The minimum absolute atomic E-state index is 0.0705. The Morgan fingerprint density at radius 1 is 0.313 bits per heavy atom. The lowest BCUT2D eigenvalue weighted by Gasteiger charge is -2.36. The van der Waals surface area contributed by atoms with Gasteiger partial charge in [0.25, 0.3) is 0 Å². The van der Waals surface area contributed by atoms with Crippen molar-refractivity contribution < 1.29 is 0 Å². The molecule has 320 valence electrons. The van der Waals surface area contributed by atoms with E-state index in [0.29, 0.717) is 0 Å². The van der Waals surface area contributed by atoms with E-state index in [2.05, 4.69) is 278 Å². The molecule has 0 aliphatic heterocycles. The van der Waals surface area contributed by atoms with Crippen molar-refractivity contribution in [2.75, 3.05) is 9.80 Å². The van der Waals surface area contributed by atoms with Crippen molar-refractivity contribution >= 4 is 94.5 Å². The standard InChI is InChI=1S/C63H48N2SSi/c1-63(2)59-32-17-15-30-55(59)58-43-49(37-41-60(58)63)65(46-22-9-4-10-23-46)48-24-19-29-54(42-48)67(51-25-11-5-12-26-51,52-27-13-6-14-28-52)53-38-34-47(35-39-53)64(45-20-7-3-8-21-45)50-36-40-57-56-31-16-18-33-61(56)66-62(57)44-50/h3-44H,1-2H3. The minimum Gasteiger partial charge on any atom is -0.310 e. The average molecular weight is 893 g/mol. The third kappa shape index (κ3) is 6.83. The molecule has 2 nitrogen and oxygen atoms in total. The second kappa shape index (κ2) is 16.6. The minimum atomic E-state index is -2.98. The zero-order valence-corrected chi connectivity index (χ0v) is 39.4. The topological polar surface area (TPSA) is 6.48 Å². The highest BCUT2D eigenvalue weighted by Crippen LogP contribution is 2.50. The Morgan fingerprint density at radius 2 is 0.761 bits per heavy atom. The SMILES string of the molecule is CC1(C)c2ccccc2-c2cc(N(c3ccccc3)c3cccc([Si](c4ccccc4)(c4ccccc4)c4ccc(N(c5ccccc5)c5ccc6c(c5)sc5ccccc56)cc4)c3)ccc21. The second-order valence-electron chi connectivity index (χ2n) is 18.1. The molecule has 0 saturated carbocycles. The summed E-state index contributed by atoms with van der Waals surface area (Å²) in [6.07, 6.45) is 0. The van der Waals surface area contributed by atoms with E-state index in [1.165, 1.54) is 63.2 Å². The second-order valence-corrected chi connectivity index (χ2v) is 23.0. The summed E-state index contributed by atoms with van der Waals surface area (Å²) in [6, 6.07) is 94.8. The number of nitrogens with zero attached hydrogens (tertiary/aromatic N) is 2. The van der Waals surface area contributed by atoms with Crippen LogP contribution in [0, 0.1) is 0 Å². The maximum atomic E-state index is 2.48. The zero-order valence-electron chi connectivity index (χ0n) is 37.6. The van der Waals surface area contributed by atoms with Gasteiger partial charge in [-0.2, -0.15) is 0 Å². The molecule has 12 rings (SSSR count). The van der Waals surface area contributed by atoms with Crippen molar-refractivity contribution in [2.45, 2.75) is 19.3 Å². The van der Waals surface area contributed by atoms with Gasteiger partial charge < -0.3 is 9.80 Å². The first-order valence-electron chi connectivity index (χ1n) is 23.2. The highest BCUT2D eigenvalue weighted by atomic mass is 32.1. The quantitative estimate of drug-likeness (QED) is 0.0997. The van der Waals surface area contributed by atoms with Gasteiger partial charge in [0.15, 0.2) is 8.07 Å². The van der Waals surface area contributed by atoms with Gasteiger partial charge in [0.05, 0.1) is 0 Å². The zero-order chi connectivity index (χ0) is 45.0. The Bertz CT molecular complexity index is 3510. The lowest BCUT2D eigenvalue weighted by molar-refractivity contribution is 0.660. The Morgan fingerprint density at radius 3 is 1.45 bits per heavy atom. The predicted molar refractivity (Wildman–Crippen MR) is 290 cm³/mol. The largest absolute Gasteiger partial charge is 0.310 e. The number of thiophene rings is 1. The lowest BCUT2D eigenvalue weighted by atomic mass is 9.82. The summed E-state index contributed by atoms with van der Waals surface area (Å²) in [5.41, 5.74) is 12.1. The summed E-state index contributed by atoms with van der Waals surface area (Å²) < 4.78 is 2.60. The number of hydrogen-bond donors (Lipinski definition) is 0. The Balaban J connectivity index is 1.03. The van der Waals surface area contributed by atoms with Crippen molar-refractivity contribution in [3.05, 3.63) is 266 Å². The molecule has 0 atom stereocenters. The van der Waals surface area contributed by atoms with E-state index in [1.807, 2.05) is 11.3 Å². The molecular formula is C63H48N2SSi. The van der Waals surface area contributed by atoms with E-state index in [1.54, 1.807) is 0 Å². The van der Waals surface area contributed by atoms with Gasteiger partial charge in [-0.15, -0.1) is 11.3 Å². The normalized spacial score (nSPS) is 12.7. The third-order valence-corrected chi connectivity index (χ3v) is 19.9. The van der Waals surface area contributed by atoms with E-state index in [-0.39, 0.29) is 5.41 Å². The van der Waals surface area contributed by atoms with Gasteiger partial charge in [-0.25, -0.2) is 0 Å². The van der Waals surface area contributed by atoms with Crippen LogP contribution in [-0.2, 0) is 5.41 Å². The van der Waals surface area contributed by atoms with Crippen molar-refractivity contribution in [2.24, 2.45) is 0 Å². The van der Waals surface area contributed by atoms with E-state index >= 15 is 0 Å². The van der Waals surface area contributed by atoms with Crippen molar-refractivity contribution in [1.82, 2.24) is 0 Å². The van der Waals surface area contributed by atoms with Gasteiger partial charge >= 0.3 is 0 Å². The summed E-state index contributed by atoms with van der Waals surface area (Å²) in [5, 5.41) is 7.92. The fourth-order valence-electron chi connectivity index (χ4n) is 10.9. The molecule has 4 heteroatoms. The van der Waals surface area contributed by atoms with Crippen LogP contribution in [0.1, 0.15) is 25.0 Å². The van der Waals surface area contributed by atoms with Gasteiger partial charge in [0.2, 0.25) is 0 Å². The summed E-state index contributed by atoms with van der Waals surface area (Å²) in [4.78, 5) is 4.84. The maximum Gasteiger partial charge on any atom is 0.179 e. The van der Waals surface area contributed by atoms with E-state index < -0.39 is 8.07 Å². The molecule has 1 aliphatic rings. The number of anilines is 6.